The van der Waals surface area contributed by atoms with Gasteiger partial charge in [0, 0.05) is 30.3 Å². The fourth-order valence-electron chi connectivity index (χ4n) is 5.44. The van der Waals surface area contributed by atoms with Crippen LogP contribution in [-0.2, 0) is 12.6 Å². The monoisotopic (exact) mass is 572 g/mol. The van der Waals surface area contributed by atoms with Crippen LogP contribution in [0.2, 0.25) is 0 Å². The zero-order valence-corrected chi connectivity index (χ0v) is 23.0. The molecule has 0 saturated carbocycles. The van der Waals surface area contributed by atoms with E-state index in [-0.39, 0.29) is 46.8 Å². The van der Waals surface area contributed by atoms with Gasteiger partial charge in [0.2, 0.25) is 5.95 Å². The van der Waals surface area contributed by atoms with Crippen LogP contribution in [0, 0.1) is 5.82 Å². The standard InChI is InChI=1S/C29H32F4N6O2/c1-16-19-7-5-4-6-17(19)12-23(16)36-26-21(29(31,32)33)15-34-28(38-26)37-24-14-22(30)20(13-25(24)41-3)27(40)35-18-8-10-39(2)11-9-18/h4-7,13-16,18,23H,8-12H2,1-3H3,(H,35,40)(H2,34,36,37,38)/t16-,23-/m1/s1. The number of halogens is 4. The van der Waals surface area contributed by atoms with Gasteiger partial charge >= 0.3 is 6.18 Å². The molecule has 1 fully saturated rings. The van der Waals surface area contributed by atoms with Crippen LogP contribution in [0.1, 0.15) is 52.7 Å². The Morgan fingerprint density at radius 2 is 1.88 bits per heavy atom. The molecule has 1 aliphatic heterocycles. The molecule has 2 heterocycles. The zero-order chi connectivity index (χ0) is 29.3. The van der Waals surface area contributed by atoms with Crippen molar-refractivity contribution in [3.8, 4) is 5.75 Å². The molecule has 0 bridgehead atoms. The van der Waals surface area contributed by atoms with Crippen LogP contribution in [0.25, 0.3) is 0 Å². The molecule has 2 aliphatic rings. The van der Waals surface area contributed by atoms with Crippen molar-refractivity contribution >= 4 is 23.4 Å². The first-order chi connectivity index (χ1) is 19.5. The van der Waals surface area contributed by atoms with E-state index in [1.165, 1.54) is 13.2 Å². The average Bonchev–Trinajstić information content (AvgIpc) is 3.24. The molecule has 1 aliphatic carbocycles. The highest BCUT2D eigenvalue weighted by atomic mass is 19.4. The number of ether oxygens (including phenoxy) is 1. The van der Waals surface area contributed by atoms with Crippen molar-refractivity contribution in [3.63, 3.8) is 0 Å². The summed E-state index contributed by atoms with van der Waals surface area (Å²) in [6, 6.07) is 9.66. The second kappa shape index (κ2) is 11.5. The topological polar surface area (TPSA) is 91.4 Å². The van der Waals surface area contributed by atoms with Gasteiger partial charge in [0.25, 0.3) is 5.91 Å². The number of benzene rings is 2. The van der Waals surface area contributed by atoms with Crippen molar-refractivity contribution in [1.82, 2.24) is 20.2 Å². The van der Waals surface area contributed by atoms with E-state index >= 15 is 4.39 Å². The van der Waals surface area contributed by atoms with Gasteiger partial charge in [-0.1, -0.05) is 31.2 Å². The fraction of sp³-hybridized carbons (Fsp3) is 0.414. The number of alkyl halides is 3. The molecular formula is C29H32F4N6O2. The largest absolute Gasteiger partial charge is 0.495 e. The van der Waals surface area contributed by atoms with Crippen LogP contribution >= 0.6 is 0 Å². The van der Waals surface area contributed by atoms with E-state index in [0.717, 1.165) is 43.1 Å². The lowest BCUT2D eigenvalue weighted by molar-refractivity contribution is -0.137. The number of carbonyl (C=O) groups is 1. The number of rotatable bonds is 7. The van der Waals surface area contributed by atoms with Crippen LogP contribution in [0.5, 0.6) is 5.75 Å². The summed E-state index contributed by atoms with van der Waals surface area (Å²) in [4.78, 5) is 22.9. The van der Waals surface area contributed by atoms with Gasteiger partial charge in [-0.3, -0.25) is 4.79 Å². The van der Waals surface area contributed by atoms with Gasteiger partial charge in [0.1, 0.15) is 22.9 Å². The number of methoxy groups -OCH3 is 1. The Morgan fingerprint density at radius 1 is 1.15 bits per heavy atom. The Kier molecular flexibility index (Phi) is 8.03. The smallest absolute Gasteiger partial charge is 0.421 e. The maximum atomic E-state index is 15.1. The van der Waals surface area contributed by atoms with Crippen molar-refractivity contribution in [3.05, 3.63) is 70.7 Å². The van der Waals surface area contributed by atoms with Gasteiger partial charge in [-0.15, -0.1) is 0 Å². The number of likely N-dealkylation sites (tertiary alicyclic amines) is 1. The minimum absolute atomic E-state index is 0.0407. The molecule has 41 heavy (non-hydrogen) atoms. The Balaban J connectivity index is 1.37. The van der Waals surface area contributed by atoms with Crippen molar-refractivity contribution in [2.45, 2.75) is 50.4 Å². The molecular weight excluding hydrogens is 540 g/mol. The van der Waals surface area contributed by atoms with E-state index in [9.17, 15) is 18.0 Å². The normalized spacial score (nSPS) is 19.5. The molecule has 8 nitrogen and oxygen atoms in total. The first-order valence-electron chi connectivity index (χ1n) is 13.5. The first kappa shape index (κ1) is 28.6. The number of hydrogen-bond donors (Lipinski definition) is 3. The molecule has 12 heteroatoms. The second-order valence-electron chi connectivity index (χ2n) is 10.6. The minimum atomic E-state index is -4.69. The molecule has 0 unspecified atom stereocenters. The first-order valence-corrected chi connectivity index (χ1v) is 13.5. The molecule has 0 spiro atoms. The summed E-state index contributed by atoms with van der Waals surface area (Å²) in [5.41, 5.74) is 1.00. The van der Waals surface area contributed by atoms with Crippen LogP contribution in [0.3, 0.4) is 0 Å². The van der Waals surface area contributed by atoms with Crippen molar-refractivity contribution in [2.75, 3.05) is 37.9 Å². The highest BCUT2D eigenvalue weighted by Gasteiger charge is 2.37. The lowest BCUT2D eigenvalue weighted by Gasteiger charge is -2.29. The van der Waals surface area contributed by atoms with Gasteiger partial charge in [0.15, 0.2) is 0 Å². The van der Waals surface area contributed by atoms with Gasteiger partial charge in [0.05, 0.1) is 18.4 Å². The number of amides is 1. The summed E-state index contributed by atoms with van der Waals surface area (Å²) >= 11 is 0. The maximum Gasteiger partial charge on any atom is 0.421 e. The Morgan fingerprint density at radius 3 is 2.56 bits per heavy atom. The third-order valence-corrected chi connectivity index (χ3v) is 7.84. The number of hydrogen-bond acceptors (Lipinski definition) is 7. The number of anilines is 3. The summed E-state index contributed by atoms with van der Waals surface area (Å²) in [6.45, 7) is 3.61. The molecule has 2 atom stereocenters. The second-order valence-corrected chi connectivity index (χ2v) is 10.6. The molecule has 1 amide bonds. The number of fused-ring (bicyclic) bond motifs is 1. The maximum absolute atomic E-state index is 15.1. The van der Waals surface area contributed by atoms with Crippen molar-refractivity contribution < 1.29 is 27.1 Å². The van der Waals surface area contributed by atoms with E-state index < -0.39 is 23.5 Å². The SMILES string of the molecule is COc1cc(C(=O)NC2CCN(C)CC2)c(F)cc1Nc1ncc(C(F)(F)F)c(N[C@@H]2Cc3ccccc3[C@H]2C)n1. The summed E-state index contributed by atoms with van der Waals surface area (Å²) in [5, 5.41) is 8.60. The molecule has 0 radical (unpaired) electrons. The van der Waals surface area contributed by atoms with E-state index in [4.69, 9.17) is 4.74 Å². The molecule has 2 aromatic carbocycles. The van der Waals surface area contributed by atoms with Gasteiger partial charge in [-0.2, -0.15) is 18.2 Å². The highest BCUT2D eigenvalue weighted by Crippen LogP contribution is 2.39. The molecule has 3 N–H and O–H groups in total. The predicted octanol–water partition coefficient (Wildman–Crippen LogP) is 5.35. The number of piperidine rings is 1. The third-order valence-electron chi connectivity index (χ3n) is 7.84. The summed E-state index contributed by atoms with van der Waals surface area (Å²) < 4.78 is 62.1. The molecule has 218 valence electrons. The number of aromatic nitrogens is 2. The highest BCUT2D eigenvalue weighted by molar-refractivity contribution is 5.96. The van der Waals surface area contributed by atoms with E-state index in [0.29, 0.717) is 12.6 Å². The quantitative estimate of drug-likeness (QED) is 0.329. The van der Waals surface area contributed by atoms with Gasteiger partial charge < -0.3 is 25.6 Å². The number of nitrogens with one attached hydrogen (secondary N) is 3. The zero-order valence-electron chi connectivity index (χ0n) is 23.0. The van der Waals surface area contributed by atoms with Crippen LogP contribution in [0.4, 0.5) is 35.0 Å². The van der Waals surface area contributed by atoms with E-state index in [2.05, 4.69) is 30.8 Å². The fourth-order valence-corrected chi connectivity index (χ4v) is 5.44. The molecule has 1 saturated heterocycles. The number of nitrogens with zero attached hydrogens (tertiary/aromatic N) is 3. The average molecular weight is 573 g/mol. The summed E-state index contributed by atoms with van der Waals surface area (Å²) in [7, 11) is 3.35. The van der Waals surface area contributed by atoms with Crippen LogP contribution in [0.15, 0.2) is 42.6 Å². The Labute approximate surface area is 235 Å². The van der Waals surface area contributed by atoms with Crippen LogP contribution in [-0.4, -0.2) is 60.1 Å². The summed E-state index contributed by atoms with van der Waals surface area (Å²) in [5.74, 6) is -1.88. The Bertz CT molecular complexity index is 1420. The van der Waals surface area contributed by atoms with Crippen LogP contribution < -0.4 is 20.7 Å². The molecule has 3 aromatic rings. The lowest BCUT2D eigenvalue weighted by Crippen LogP contribution is -2.43. The minimum Gasteiger partial charge on any atom is -0.495 e. The predicted molar refractivity (Wildman–Crippen MR) is 147 cm³/mol. The summed E-state index contributed by atoms with van der Waals surface area (Å²) in [6.07, 6.45) is -1.94. The van der Waals surface area contributed by atoms with Gasteiger partial charge in [-0.05, 0) is 56.6 Å². The van der Waals surface area contributed by atoms with E-state index in [1.807, 2.05) is 38.2 Å². The number of carbonyl (C=O) groups excluding carboxylic acids is 1. The van der Waals surface area contributed by atoms with Crippen molar-refractivity contribution in [2.24, 2.45) is 0 Å². The third kappa shape index (κ3) is 6.22. The van der Waals surface area contributed by atoms with Gasteiger partial charge in [-0.25, -0.2) is 9.37 Å². The lowest BCUT2D eigenvalue weighted by atomic mass is 10.0. The van der Waals surface area contributed by atoms with E-state index in [1.54, 1.807) is 0 Å². The molecule has 5 rings (SSSR count). The molecule has 1 aromatic heterocycles. The van der Waals surface area contributed by atoms with Crippen molar-refractivity contribution in [1.29, 1.82) is 0 Å². The Hall–Kier alpha value is -3.93.